The van der Waals surface area contributed by atoms with Crippen molar-refractivity contribution in [1.29, 1.82) is 0 Å². The zero-order chi connectivity index (χ0) is 18.2. The number of hydrogen-bond acceptors (Lipinski definition) is 4. The van der Waals surface area contributed by atoms with Gasteiger partial charge in [0.05, 0.1) is 6.04 Å². The quantitative estimate of drug-likeness (QED) is 0.854. The van der Waals surface area contributed by atoms with E-state index in [0.29, 0.717) is 11.7 Å². The van der Waals surface area contributed by atoms with Crippen molar-refractivity contribution < 1.29 is 9.18 Å². The molecule has 1 aliphatic heterocycles. The van der Waals surface area contributed by atoms with Gasteiger partial charge in [-0.3, -0.25) is 14.2 Å². The number of halogens is 1. The van der Waals surface area contributed by atoms with Crippen LogP contribution < -0.4 is 10.9 Å². The average Bonchev–Trinajstić information content (AvgIpc) is 3.02. The molecule has 0 fully saturated rings. The fourth-order valence-corrected chi connectivity index (χ4v) is 3.75. The first-order chi connectivity index (χ1) is 11.8. The van der Waals surface area contributed by atoms with E-state index in [1.165, 1.54) is 34.7 Å². The Morgan fingerprint density at radius 1 is 1.32 bits per heavy atom. The van der Waals surface area contributed by atoms with Crippen LogP contribution >= 0.6 is 11.8 Å². The molecule has 0 aliphatic carbocycles. The van der Waals surface area contributed by atoms with Crippen molar-refractivity contribution in [3.8, 4) is 0 Å². The molecule has 1 amide bonds. The Morgan fingerprint density at radius 2 is 2.00 bits per heavy atom. The lowest BCUT2D eigenvalue weighted by Crippen LogP contribution is -2.40. The van der Waals surface area contributed by atoms with Crippen molar-refractivity contribution in [2.75, 3.05) is 5.75 Å². The zero-order valence-corrected chi connectivity index (χ0v) is 15.2. The molecule has 1 atom stereocenters. The number of nitrogens with zero attached hydrogens (tertiary/aromatic N) is 2. The third-order valence-electron chi connectivity index (χ3n) is 4.15. The van der Waals surface area contributed by atoms with Gasteiger partial charge in [0.1, 0.15) is 11.4 Å². The highest BCUT2D eigenvalue weighted by Crippen LogP contribution is 2.33. The number of carbonyl (C=O) groups is 1. The van der Waals surface area contributed by atoms with Crippen LogP contribution in [0.25, 0.3) is 0 Å². The number of nitrogens with one attached hydrogen (secondary N) is 1. The van der Waals surface area contributed by atoms with Crippen LogP contribution in [0.4, 0.5) is 4.39 Å². The summed E-state index contributed by atoms with van der Waals surface area (Å²) in [7, 11) is 0. The standard InChI is InChI=1S/C18H20FN3O2S/c1-18(2,3)14(11-4-6-12(19)7-5-11)21-15(23)13-10-20-17-22(16(13)24)8-9-25-17/h4-7,10,14H,8-9H2,1-3H3,(H,21,23). The maximum absolute atomic E-state index is 13.2. The first kappa shape index (κ1) is 17.7. The number of rotatable bonds is 3. The van der Waals surface area contributed by atoms with Crippen LogP contribution in [-0.2, 0) is 6.54 Å². The summed E-state index contributed by atoms with van der Waals surface area (Å²) in [4.78, 5) is 29.4. The number of aromatic nitrogens is 2. The summed E-state index contributed by atoms with van der Waals surface area (Å²) < 4.78 is 14.7. The summed E-state index contributed by atoms with van der Waals surface area (Å²) in [5.41, 5.74) is 0.179. The highest BCUT2D eigenvalue weighted by Gasteiger charge is 2.29. The number of amides is 1. The van der Waals surface area contributed by atoms with Gasteiger partial charge in [-0.15, -0.1) is 0 Å². The number of thioether (sulfide) groups is 1. The molecule has 0 saturated heterocycles. The van der Waals surface area contributed by atoms with Crippen LogP contribution in [0.15, 0.2) is 40.4 Å². The van der Waals surface area contributed by atoms with Crippen molar-refractivity contribution in [1.82, 2.24) is 14.9 Å². The first-order valence-corrected chi connectivity index (χ1v) is 9.05. The van der Waals surface area contributed by atoms with Gasteiger partial charge in [-0.2, -0.15) is 0 Å². The molecule has 1 unspecified atom stereocenters. The predicted molar refractivity (Wildman–Crippen MR) is 95.3 cm³/mol. The fraction of sp³-hybridized carbons (Fsp3) is 0.389. The monoisotopic (exact) mass is 361 g/mol. The van der Waals surface area contributed by atoms with Crippen LogP contribution in [-0.4, -0.2) is 21.2 Å². The topological polar surface area (TPSA) is 64.0 Å². The molecule has 0 saturated carbocycles. The SMILES string of the molecule is CC(C)(C)C(NC(=O)c1cnc2n(c1=O)CCS2)c1ccc(F)cc1. The van der Waals surface area contributed by atoms with Gasteiger partial charge in [0.25, 0.3) is 11.5 Å². The number of hydrogen-bond donors (Lipinski definition) is 1. The lowest BCUT2D eigenvalue weighted by molar-refractivity contribution is 0.0898. The van der Waals surface area contributed by atoms with Crippen molar-refractivity contribution in [3.05, 3.63) is 57.8 Å². The number of carbonyl (C=O) groups excluding carboxylic acids is 1. The maximum atomic E-state index is 13.2. The van der Waals surface area contributed by atoms with Gasteiger partial charge in [-0.25, -0.2) is 9.37 Å². The summed E-state index contributed by atoms with van der Waals surface area (Å²) >= 11 is 1.50. The molecular formula is C18H20FN3O2S. The highest BCUT2D eigenvalue weighted by atomic mass is 32.2. The molecule has 0 radical (unpaired) electrons. The molecule has 0 bridgehead atoms. The molecule has 132 valence electrons. The van der Waals surface area contributed by atoms with Crippen LogP contribution in [0.1, 0.15) is 42.7 Å². The molecule has 3 rings (SSSR count). The van der Waals surface area contributed by atoms with Gasteiger partial charge in [0.2, 0.25) is 0 Å². The van der Waals surface area contributed by atoms with Gasteiger partial charge < -0.3 is 5.32 Å². The minimum absolute atomic E-state index is 0.0302. The average molecular weight is 361 g/mol. The molecule has 2 aromatic rings. The molecule has 1 aromatic heterocycles. The second kappa shape index (κ2) is 6.63. The third kappa shape index (κ3) is 3.61. The van der Waals surface area contributed by atoms with Gasteiger partial charge in [0.15, 0.2) is 5.16 Å². The second-order valence-electron chi connectivity index (χ2n) is 7.08. The number of fused-ring (bicyclic) bond motifs is 1. The molecule has 1 aromatic carbocycles. The molecule has 25 heavy (non-hydrogen) atoms. The molecule has 5 nitrogen and oxygen atoms in total. The lowest BCUT2D eigenvalue weighted by Gasteiger charge is -2.32. The van der Waals surface area contributed by atoms with Gasteiger partial charge >= 0.3 is 0 Å². The van der Waals surface area contributed by atoms with E-state index >= 15 is 0 Å². The molecule has 7 heteroatoms. The van der Waals surface area contributed by atoms with Gasteiger partial charge in [-0.1, -0.05) is 44.7 Å². The Kier molecular flexibility index (Phi) is 4.69. The van der Waals surface area contributed by atoms with E-state index in [2.05, 4.69) is 10.3 Å². The zero-order valence-electron chi connectivity index (χ0n) is 14.4. The normalized spacial score (nSPS) is 14.9. The van der Waals surface area contributed by atoms with E-state index in [-0.39, 0.29) is 28.4 Å². The summed E-state index contributed by atoms with van der Waals surface area (Å²) in [5, 5.41) is 3.57. The Hall–Kier alpha value is -2.15. The largest absolute Gasteiger partial charge is 0.344 e. The second-order valence-corrected chi connectivity index (χ2v) is 8.15. The van der Waals surface area contributed by atoms with E-state index < -0.39 is 5.91 Å². The van der Waals surface area contributed by atoms with Gasteiger partial charge in [0, 0.05) is 18.5 Å². The summed E-state index contributed by atoms with van der Waals surface area (Å²) in [6.45, 7) is 6.50. The third-order valence-corrected chi connectivity index (χ3v) is 5.12. The molecule has 1 N–H and O–H groups in total. The summed E-state index contributed by atoms with van der Waals surface area (Å²) in [5.74, 6) is -0.0108. The minimum Gasteiger partial charge on any atom is -0.344 e. The van der Waals surface area contributed by atoms with E-state index in [9.17, 15) is 14.0 Å². The molecule has 1 aliphatic rings. The molecule has 0 spiro atoms. The maximum Gasteiger partial charge on any atom is 0.267 e. The summed E-state index contributed by atoms with van der Waals surface area (Å²) in [6, 6.07) is 5.66. The van der Waals surface area contributed by atoms with Crippen molar-refractivity contribution in [3.63, 3.8) is 0 Å². The molecule has 2 heterocycles. The van der Waals surface area contributed by atoms with Crippen molar-refractivity contribution in [2.45, 2.75) is 38.5 Å². The van der Waals surface area contributed by atoms with E-state index in [1.54, 1.807) is 12.1 Å². The Balaban J connectivity index is 1.91. The Bertz CT molecular complexity index is 856. The summed E-state index contributed by atoms with van der Waals surface area (Å²) in [6.07, 6.45) is 1.34. The number of benzene rings is 1. The Morgan fingerprint density at radius 3 is 2.64 bits per heavy atom. The molecular weight excluding hydrogens is 341 g/mol. The van der Waals surface area contributed by atoms with E-state index in [4.69, 9.17) is 0 Å². The van der Waals surface area contributed by atoms with Crippen molar-refractivity contribution in [2.24, 2.45) is 5.41 Å². The van der Waals surface area contributed by atoms with Gasteiger partial charge in [-0.05, 0) is 23.1 Å². The van der Waals surface area contributed by atoms with Crippen LogP contribution in [0, 0.1) is 11.2 Å². The minimum atomic E-state index is -0.464. The van der Waals surface area contributed by atoms with Crippen LogP contribution in [0.5, 0.6) is 0 Å². The van der Waals surface area contributed by atoms with E-state index in [1.807, 2.05) is 20.8 Å². The van der Waals surface area contributed by atoms with Crippen LogP contribution in [0.3, 0.4) is 0 Å². The van der Waals surface area contributed by atoms with Crippen molar-refractivity contribution >= 4 is 17.7 Å². The fourth-order valence-electron chi connectivity index (χ4n) is 2.84. The Labute approximate surface area is 149 Å². The smallest absolute Gasteiger partial charge is 0.267 e. The van der Waals surface area contributed by atoms with E-state index in [0.717, 1.165) is 11.3 Å². The lowest BCUT2D eigenvalue weighted by atomic mass is 9.82. The van der Waals surface area contributed by atoms with Crippen LogP contribution in [0.2, 0.25) is 0 Å². The highest BCUT2D eigenvalue weighted by molar-refractivity contribution is 7.99. The predicted octanol–water partition coefficient (Wildman–Crippen LogP) is 3.01. The first-order valence-electron chi connectivity index (χ1n) is 8.06.